The number of anilines is 4. The molecule has 5 N–H and O–H groups in total. The van der Waals surface area contributed by atoms with Crippen LogP contribution in [0.15, 0.2) is 24.4 Å². The second kappa shape index (κ2) is 7.70. The quantitative estimate of drug-likeness (QED) is 0.455. The molecule has 0 bridgehead atoms. The van der Waals surface area contributed by atoms with Gasteiger partial charge in [0.05, 0.1) is 23.7 Å². The number of nitrogens with one attached hydrogen (secondary N) is 2. The predicted molar refractivity (Wildman–Crippen MR) is 86.3 cm³/mol. The van der Waals surface area contributed by atoms with Gasteiger partial charge < -0.3 is 21.5 Å². The molecule has 11 heteroatoms. The highest BCUT2D eigenvalue weighted by Crippen LogP contribution is 2.37. The summed E-state index contributed by atoms with van der Waals surface area (Å²) in [5, 5.41) is 14.4. The lowest BCUT2D eigenvalue weighted by molar-refractivity contribution is -0.136. The summed E-state index contributed by atoms with van der Waals surface area (Å²) in [6, 6.07) is 3.35. The van der Waals surface area contributed by atoms with E-state index in [0.717, 1.165) is 12.3 Å². The summed E-state index contributed by atoms with van der Waals surface area (Å²) in [5.74, 6) is -1.52. The number of benzene rings is 1. The van der Waals surface area contributed by atoms with Crippen molar-refractivity contribution in [1.82, 2.24) is 9.97 Å². The highest BCUT2D eigenvalue weighted by atomic mass is 35.5. The molecule has 0 saturated heterocycles. The zero-order valence-corrected chi connectivity index (χ0v) is 13.4. The van der Waals surface area contributed by atoms with E-state index in [0.29, 0.717) is 0 Å². The first-order valence-corrected chi connectivity index (χ1v) is 7.48. The molecule has 1 heterocycles. The van der Waals surface area contributed by atoms with Gasteiger partial charge in [-0.2, -0.15) is 18.2 Å². The van der Waals surface area contributed by atoms with Gasteiger partial charge in [0, 0.05) is 17.9 Å². The highest BCUT2D eigenvalue weighted by Gasteiger charge is 2.34. The summed E-state index contributed by atoms with van der Waals surface area (Å²) < 4.78 is 52.7. The van der Waals surface area contributed by atoms with Crippen LogP contribution in [0.25, 0.3) is 0 Å². The number of alkyl halides is 4. The summed E-state index contributed by atoms with van der Waals surface area (Å²) >= 11 is 5.41. The first kappa shape index (κ1) is 19.0. The lowest BCUT2D eigenvalue weighted by Crippen LogP contribution is -2.22. The van der Waals surface area contributed by atoms with E-state index in [9.17, 15) is 22.7 Å². The van der Waals surface area contributed by atoms with Crippen molar-refractivity contribution in [2.45, 2.75) is 12.3 Å². The summed E-state index contributed by atoms with van der Waals surface area (Å²) in [6.07, 6.45) is -4.83. The minimum Gasteiger partial charge on any atom is -0.390 e. The SMILES string of the molecule is Nc1nc(Nc2ccc(NCC(O)CCl)c(C(F)(F)F)c2)ncc1F. The molecule has 0 radical (unpaired) electrons. The van der Waals surface area contributed by atoms with E-state index in [1.165, 1.54) is 12.1 Å². The van der Waals surface area contributed by atoms with Crippen LogP contribution in [0.5, 0.6) is 0 Å². The minimum atomic E-state index is -4.64. The number of nitrogen functional groups attached to an aromatic ring is 1. The largest absolute Gasteiger partial charge is 0.418 e. The number of aromatic nitrogens is 2. The van der Waals surface area contributed by atoms with E-state index in [1.54, 1.807) is 0 Å². The van der Waals surface area contributed by atoms with E-state index < -0.39 is 29.5 Å². The van der Waals surface area contributed by atoms with Crippen molar-refractivity contribution < 1.29 is 22.7 Å². The van der Waals surface area contributed by atoms with Crippen molar-refractivity contribution in [2.75, 3.05) is 28.8 Å². The van der Waals surface area contributed by atoms with Crippen molar-refractivity contribution in [3.63, 3.8) is 0 Å². The molecule has 136 valence electrons. The molecule has 6 nitrogen and oxygen atoms in total. The summed E-state index contributed by atoms with van der Waals surface area (Å²) in [5.41, 5.74) is 4.13. The molecular weight excluding hydrogens is 366 g/mol. The molecule has 0 aliphatic rings. The Morgan fingerprint density at radius 1 is 1.32 bits per heavy atom. The Hall–Kier alpha value is -2.33. The zero-order valence-electron chi connectivity index (χ0n) is 12.6. The third-order valence-electron chi connectivity index (χ3n) is 3.06. The van der Waals surface area contributed by atoms with Gasteiger partial charge in [-0.3, -0.25) is 0 Å². The lowest BCUT2D eigenvalue weighted by Gasteiger charge is -2.17. The number of aliphatic hydroxyl groups is 1. The molecule has 0 spiro atoms. The highest BCUT2D eigenvalue weighted by molar-refractivity contribution is 6.18. The lowest BCUT2D eigenvalue weighted by atomic mass is 10.1. The van der Waals surface area contributed by atoms with E-state index >= 15 is 0 Å². The van der Waals surface area contributed by atoms with Crippen molar-refractivity contribution in [3.05, 3.63) is 35.8 Å². The van der Waals surface area contributed by atoms with Gasteiger partial charge in [-0.15, -0.1) is 11.6 Å². The molecule has 1 aromatic carbocycles. The normalized spacial score (nSPS) is 12.7. The molecule has 1 atom stereocenters. The van der Waals surface area contributed by atoms with Crippen LogP contribution in [-0.4, -0.2) is 33.6 Å². The van der Waals surface area contributed by atoms with Gasteiger partial charge in [0.15, 0.2) is 11.6 Å². The van der Waals surface area contributed by atoms with Crippen LogP contribution in [0.2, 0.25) is 0 Å². The van der Waals surface area contributed by atoms with Crippen LogP contribution in [0.4, 0.5) is 40.7 Å². The topological polar surface area (TPSA) is 96.1 Å². The summed E-state index contributed by atoms with van der Waals surface area (Å²) in [4.78, 5) is 7.19. The molecule has 2 aromatic rings. The average molecular weight is 380 g/mol. The van der Waals surface area contributed by atoms with Gasteiger partial charge in [0.25, 0.3) is 0 Å². The van der Waals surface area contributed by atoms with Crippen LogP contribution in [0.3, 0.4) is 0 Å². The molecular formula is C14H14ClF4N5O. The fraction of sp³-hybridized carbons (Fsp3) is 0.286. The van der Waals surface area contributed by atoms with Gasteiger partial charge >= 0.3 is 6.18 Å². The Labute approximate surface area is 145 Å². The number of aliphatic hydroxyl groups excluding tert-OH is 1. The molecule has 2 rings (SSSR count). The molecule has 0 saturated carbocycles. The number of rotatable bonds is 6. The maximum atomic E-state index is 13.2. The van der Waals surface area contributed by atoms with Gasteiger partial charge in [0.1, 0.15) is 0 Å². The van der Waals surface area contributed by atoms with Gasteiger partial charge in [-0.25, -0.2) is 9.37 Å². The standard InChI is InChI=1S/C14H14ClF4N5O/c15-4-8(25)5-21-11-2-1-7(3-9(11)14(17,18)19)23-13-22-6-10(16)12(20)24-13/h1-3,6,8,21,25H,4-5H2,(H3,20,22,23,24). The maximum absolute atomic E-state index is 13.2. The second-order valence-corrected chi connectivity index (χ2v) is 5.31. The number of hydrogen-bond acceptors (Lipinski definition) is 6. The minimum absolute atomic E-state index is 0.0294. The smallest absolute Gasteiger partial charge is 0.390 e. The van der Waals surface area contributed by atoms with Crippen molar-refractivity contribution in [1.29, 1.82) is 0 Å². The average Bonchev–Trinajstić information content (AvgIpc) is 2.55. The summed E-state index contributed by atoms with van der Waals surface area (Å²) in [6.45, 7) is -0.142. The van der Waals surface area contributed by atoms with E-state index in [-0.39, 0.29) is 29.7 Å². The van der Waals surface area contributed by atoms with E-state index in [1.807, 2.05) is 0 Å². The van der Waals surface area contributed by atoms with E-state index in [2.05, 4.69) is 20.6 Å². The first-order valence-electron chi connectivity index (χ1n) is 6.95. The number of halogens is 5. The number of hydrogen-bond donors (Lipinski definition) is 4. The monoisotopic (exact) mass is 379 g/mol. The predicted octanol–water partition coefficient (Wildman–Crippen LogP) is 2.97. The Kier molecular flexibility index (Phi) is 5.85. The fourth-order valence-corrected chi connectivity index (χ4v) is 1.97. The van der Waals surface area contributed by atoms with Crippen LogP contribution in [0, 0.1) is 5.82 Å². The van der Waals surface area contributed by atoms with Gasteiger partial charge in [-0.1, -0.05) is 0 Å². The molecule has 1 aromatic heterocycles. The van der Waals surface area contributed by atoms with Crippen LogP contribution in [0.1, 0.15) is 5.56 Å². The van der Waals surface area contributed by atoms with Gasteiger partial charge in [0.2, 0.25) is 5.95 Å². The fourth-order valence-electron chi connectivity index (χ4n) is 1.86. The Bertz CT molecular complexity index is 744. The van der Waals surface area contributed by atoms with Crippen molar-refractivity contribution in [2.24, 2.45) is 0 Å². The second-order valence-electron chi connectivity index (χ2n) is 5.00. The zero-order chi connectivity index (χ0) is 18.6. The maximum Gasteiger partial charge on any atom is 0.418 e. The molecule has 0 aliphatic heterocycles. The van der Waals surface area contributed by atoms with E-state index in [4.69, 9.17) is 17.3 Å². The van der Waals surface area contributed by atoms with Crippen molar-refractivity contribution >= 4 is 34.7 Å². The number of nitrogens with zero attached hydrogens (tertiary/aromatic N) is 2. The Morgan fingerprint density at radius 2 is 2.04 bits per heavy atom. The molecule has 0 aliphatic carbocycles. The van der Waals surface area contributed by atoms with Crippen molar-refractivity contribution in [3.8, 4) is 0 Å². The van der Waals surface area contributed by atoms with Crippen LogP contribution in [-0.2, 0) is 6.18 Å². The van der Waals surface area contributed by atoms with Crippen LogP contribution >= 0.6 is 11.6 Å². The Morgan fingerprint density at radius 3 is 2.64 bits per heavy atom. The molecule has 0 amide bonds. The van der Waals surface area contributed by atoms with Gasteiger partial charge in [-0.05, 0) is 18.2 Å². The molecule has 1 unspecified atom stereocenters. The Balaban J connectivity index is 2.27. The third kappa shape index (κ3) is 5.07. The first-order chi connectivity index (χ1) is 11.7. The summed E-state index contributed by atoms with van der Waals surface area (Å²) in [7, 11) is 0. The number of nitrogens with two attached hydrogens (primary N) is 1. The third-order valence-corrected chi connectivity index (χ3v) is 3.41. The van der Waals surface area contributed by atoms with Crippen LogP contribution < -0.4 is 16.4 Å². The molecule has 0 fully saturated rings. The molecule has 25 heavy (non-hydrogen) atoms.